The fourth-order valence-corrected chi connectivity index (χ4v) is 4.80. The van der Waals surface area contributed by atoms with Gasteiger partial charge in [0.2, 0.25) is 0 Å². The van der Waals surface area contributed by atoms with Gasteiger partial charge in [0.25, 0.3) is 5.91 Å². The summed E-state index contributed by atoms with van der Waals surface area (Å²) in [4.78, 5) is 13.4. The molecule has 3 aromatic rings. The van der Waals surface area contributed by atoms with E-state index in [1.807, 2.05) is 31.2 Å². The molecule has 1 heterocycles. The van der Waals surface area contributed by atoms with Crippen molar-refractivity contribution in [1.29, 1.82) is 0 Å². The molecular formula is C24H25BrClN3OS. The van der Waals surface area contributed by atoms with Crippen molar-refractivity contribution in [2.24, 2.45) is 5.10 Å². The van der Waals surface area contributed by atoms with Crippen LogP contribution in [0.1, 0.15) is 35.0 Å². The van der Waals surface area contributed by atoms with E-state index >= 15 is 0 Å². The maximum absolute atomic E-state index is 12.4. The maximum Gasteiger partial charge on any atom is 0.253 e. The summed E-state index contributed by atoms with van der Waals surface area (Å²) < 4.78 is 3.16. The van der Waals surface area contributed by atoms with Gasteiger partial charge in [-0.1, -0.05) is 17.7 Å². The first-order chi connectivity index (χ1) is 14.7. The molecular weight excluding hydrogens is 494 g/mol. The number of aryl methyl sites for hydroxylation is 2. The Labute approximate surface area is 201 Å². The molecule has 1 N–H and O–H groups in total. The van der Waals surface area contributed by atoms with E-state index in [4.69, 9.17) is 11.6 Å². The van der Waals surface area contributed by atoms with Gasteiger partial charge in [-0.3, -0.25) is 4.79 Å². The zero-order valence-electron chi connectivity index (χ0n) is 18.2. The van der Waals surface area contributed by atoms with Gasteiger partial charge >= 0.3 is 0 Å². The first-order valence-electron chi connectivity index (χ1n) is 9.89. The summed E-state index contributed by atoms with van der Waals surface area (Å²) in [5.41, 5.74) is 9.35. The standard InChI is InChI=1S/C24H25BrClN3OS/c1-14-6-9-20(12-15(14)2)29-16(3)22(23(25)17(29)4)13-27-28-24(30)18(5)31-21-10-7-19(26)8-11-21/h6-13,18H,1-5H3,(H,28,30)/b27-13-/t18-/m0/s1. The quantitative estimate of drug-likeness (QED) is 0.223. The van der Waals surface area contributed by atoms with Gasteiger partial charge in [-0.05, 0) is 98.1 Å². The maximum atomic E-state index is 12.4. The fourth-order valence-electron chi connectivity index (χ4n) is 3.25. The number of nitrogens with zero attached hydrogens (tertiary/aromatic N) is 2. The van der Waals surface area contributed by atoms with E-state index in [0.29, 0.717) is 5.02 Å². The molecule has 0 aliphatic carbocycles. The minimum absolute atomic E-state index is 0.157. The number of amides is 1. The van der Waals surface area contributed by atoms with Gasteiger partial charge < -0.3 is 4.57 Å². The highest BCUT2D eigenvalue weighted by Crippen LogP contribution is 2.30. The van der Waals surface area contributed by atoms with Crippen LogP contribution in [0.15, 0.2) is 56.9 Å². The van der Waals surface area contributed by atoms with Crippen LogP contribution in [-0.2, 0) is 4.79 Å². The summed E-state index contributed by atoms with van der Waals surface area (Å²) in [6, 6.07) is 13.9. The number of thioether (sulfide) groups is 1. The van der Waals surface area contributed by atoms with E-state index in [2.05, 4.69) is 76.9 Å². The lowest BCUT2D eigenvalue weighted by molar-refractivity contribution is -0.120. The number of carbonyl (C=O) groups excluding carboxylic acids is 1. The number of hydrogen-bond donors (Lipinski definition) is 1. The second-order valence-electron chi connectivity index (χ2n) is 7.45. The molecule has 31 heavy (non-hydrogen) atoms. The molecule has 0 bridgehead atoms. The van der Waals surface area contributed by atoms with Crippen molar-refractivity contribution < 1.29 is 4.79 Å². The van der Waals surface area contributed by atoms with E-state index in [0.717, 1.165) is 32.0 Å². The number of hydrazone groups is 1. The number of hydrogen-bond acceptors (Lipinski definition) is 3. The minimum Gasteiger partial charge on any atom is -0.317 e. The Balaban J connectivity index is 1.74. The number of rotatable bonds is 6. The van der Waals surface area contributed by atoms with Gasteiger partial charge in [0, 0.05) is 37.0 Å². The molecule has 0 fully saturated rings. The summed E-state index contributed by atoms with van der Waals surface area (Å²) in [5, 5.41) is 4.61. The highest BCUT2D eigenvalue weighted by Gasteiger charge is 2.17. The zero-order valence-corrected chi connectivity index (χ0v) is 21.3. The Hall–Kier alpha value is -2.02. The van der Waals surface area contributed by atoms with E-state index in [1.165, 1.54) is 22.9 Å². The Morgan fingerprint density at radius 2 is 1.77 bits per heavy atom. The van der Waals surface area contributed by atoms with Crippen LogP contribution < -0.4 is 5.43 Å². The number of halogens is 2. The molecule has 2 aromatic carbocycles. The molecule has 1 amide bonds. The number of carbonyl (C=O) groups is 1. The highest BCUT2D eigenvalue weighted by atomic mass is 79.9. The van der Waals surface area contributed by atoms with E-state index in [9.17, 15) is 4.79 Å². The van der Waals surface area contributed by atoms with E-state index in [-0.39, 0.29) is 11.2 Å². The topological polar surface area (TPSA) is 46.4 Å². The number of benzene rings is 2. The van der Waals surface area contributed by atoms with Crippen molar-refractivity contribution in [2.75, 3.05) is 0 Å². The molecule has 0 saturated heterocycles. The zero-order chi connectivity index (χ0) is 22.7. The Bertz CT molecular complexity index is 1140. The van der Waals surface area contributed by atoms with Crippen molar-refractivity contribution in [2.45, 2.75) is 44.8 Å². The summed E-state index contributed by atoms with van der Waals surface area (Å²) in [7, 11) is 0. The van der Waals surface area contributed by atoms with E-state index in [1.54, 1.807) is 6.21 Å². The summed E-state index contributed by atoms with van der Waals surface area (Å²) in [6.45, 7) is 10.2. The molecule has 0 unspecified atom stereocenters. The summed E-state index contributed by atoms with van der Waals surface area (Å²) >= 11 is 11.1. The minimum atomic E-state index is -0.287. The van der Waals surface area contributed by atoms with Crippen LogP contribution in [0.4, 0.5) is 0 Å². The van der Waals surface area contributed by atoms with Gasteiger partial charge in [0.1, 0.15) is 0 Å². The molecule has 0 saturated carbocycles. The molecule has 0 aliphatic heterocycles. The van der Waals surface area contributed by atoms with Gasteiger partial charge in [0.05, 0.1) is 11.5 Å². The van der Waals surface area contributed by atoms with Crippen molar-refractivity contribution in [3.05, 3.63) is 80.0 Å². The molecule has 0 spiro atoms. The molecule has 3 rings (SSSR count). The van der Waals surface area contributed by atoms with Crippen molar-refractivity contribution >= 4 is 51.4 Å². The van der Waals surface area contributed by atoms with Crippen LogP contribution >= 0.6 is 39.3 Å². The third kappa shape index (κ3) is 5.43. The van der Waals surface area contributed by atoms with Gasteiger partial charge in [0.15, 0.2) is 0 Å². The SMILES string of the molecule is Cc1ccc(-n2c(C)c(Br)c(/C=N\NC(=O)[C@H](C)Sc3ccc(Cl)cc3)c2C)cc1C. The largest absolute Gasteiger partial charge is 0.317 e. The van der Waals surface area contributed by atoms with Gasteiger partial charge in [-0.2, -0.15) is 5.10 Å². The Morgan fingerprint density at radius 1 is 1.10 bits per heavy atom. The molecule has 7 heteroatoms. The van der Waals surface area contributed by atoms with Crippen LogP contribution in [0.2, 0.25) is 5.02 Å². The highest BCUT2D eigenvalue weighted by molar-refractivity contribution is 9.10. The van der Waals surface area contributed by atoms with Crippen molar-refractivity contribution in [3.63, 3.8) is 0 Å². The smallest absolute Gasteiger partial charge is 0.253 e. The third-order valence-corrected chi connectivity index (χ3v) is 7.59. The lowest BCUT2D eigenvalue weighted by atomic mass is 10.1. The van der Waals surface area contributed by atoms with Gasteiger partial charge in [-0.25, -0.2) is 5.43 Å². The van der Waals surface area contributed by atoms with Crippen LogP contribution in [-0.4, -0.2) is 21.9 Å². The van der Waals surface area contributed by atoms with Crippen molar-refractivity contribution in [1.82, 2.24) is 9.99 Å². The molecule has 1 aromatic heterocycles. The average molecular weight is 519 g/mol. The van der Waals surface area contributed by atoms with Crippen LogP contribution in [0.25, 0.3) is 5.69 Å². The first-order valence-corrected chi connectivity index (χ1v) is 11.9. The number of nitrogens with one attached hydrogen (secondary N) is 1. The Kier molecular flexibility index (Phi) is 7.68. The van der Waals surface area contributed by atoms with E-state index < -0.39 is 0 Å². The van der Waals surface area contributed by atoms with Crippen molar-refractivity contribution in [3.8, 4) is 5.69 Å². The predicted molar refractivity (Wildman–Crippen MR) is 135 cm³/mol. The first kappa shape index (κ1) is 23.6. The van der Waals surface area contributed by atoms with Crippen LogP contribution in [0, 0.1) is 27.7 Å². The number of aromatic nitrogens is 1. The molecule has 4 nitrogen and oxygen atoms in total. The monoisotopic (exact) mass is 517 g/mol. The summed E-state index contributed by atoms with van der Waals surface area (Å²) in [5.74, 6) is -0.157. The molecule has 162 valence electrons. The van der Waals surface area contributed by atoms with Gasteiger partial charge in [-0.15, -0.1) is 11.8 Å². The second kappa shape index (κ2) is 10.1. The Morgan fingerprint density at radius 3 is 2.42 bits per heavy atom. The lowest BCUT2D eigenvalue weighted by Crippen LogP contribution is -2.26. The average Bonchev–Trinajstić information content (AvgIpc) is 2.94. The molecule has 0 radical (unpaired) electrons. The molecule has 0 aliphatic rings. The third-order valence-electron chi connectivity index (χ3n) is 5.23. The predicted octanol–water partition coefficient (Wildman–Crippen LogP) is 6.76. The fraction of sp³-hybridized carbons (Fsp3) is 0.250. The van der Waals surface area contributed by atoms with Crippen LogP contribution in [0.3, 0.4) is 0 Å². The molecule has 1 atom stereocenters. The normalized spacial score (nSPS) is 12.4. The second-order valence-corrected chi connectivity index (χ2v) is 10.1. The lowest BCUT2D eigenvalue weighted by Gasteiger charge is -2.11. The van der Waals surface area contributed by atoms with Crippen LogP contribution in [0.5, 0.6) is 0 Å². The summed E-state index contributed by atoms with van der Waals surface area (Å²) in [6.07, 6.45) is 1.70.